The maximum atomic E-state index is 5.53. The fraction of sp³-hybridized carbons (Fsp3) is 0.273. The van der Waals surface area contributed by atoms with Crippen LogP contribution in [-0.4, -0.2) is 13.7 Å². The van der Waals surface area contributed by atoms with Gasteiger partial charge in [-0.2, -0.15) is 0 Å². The highest BCUT2D eigenvalue weighted by Crippen LogP contribution is 2.22. The second-order valence-electron chi connectivity index (χ2n) is 2.96. The molecule has 0 atom stereocenters. The van der Waals surface area contributed by atoms with Crippen molar-refractivity contribution in [3.8, 4) is 5.75 Å². The van der Waals surface area contributed by atoms with Gasteiger partial charge >= 0.3 is 0 Å². The molecule has 3 heteroatoms. The lowest BCUT2D eigenvalue weighted by Gasteiger charge is -2.08. The van der Waals surface area contributed by atoms with Crippen LogP contribution in [0.4, 0.5) is 0 Å². The second kappa shape index (κ2) is 5.83. The van der Waals surface area contributed by atoms with E-state index in [1.807, 2.05) is 19.2 Å². The lowest BCUT2D eigenvalue weighted by molar-refractivity contribution is -0.643. The zero-order valence-electron chi connectivity index (χ0n) is 8.29. The molecule has 0 bridgehead atoms. The maximum absolute atomic E-state index is 5.53. The highest BCUT2D eigenvalue weighted by Gasteiger charge is 2.04. The number of hydrogen-bond donors (Lipinski definition) is 1. The Morgan fingerprint density at radius 1 is 1.57 bits per heavy atom. The first kappa shape index (κ1) is 11.3. The Bertz CT molecular complexity index is 312. The van der Waals surface area contributed by atoms with Crippen molar-refractivity contribution in [1.29, 1.82) is 0 Å². The molecule has 2 N–H and O–H groups in total. The molecule has 0 radical (unpaired) electrons. The van der Waals surface area contributed by atoms with Gasteiger partial charge in [0.1, 0.15) is 18.9 Å². The first-order valence-corrected chi connectivity index (χ1v) is 5.37. The molecular formula is C11H15BrNO+. The third-order valence-corrected chi connectivity index (χ3v) is 2.30. The van der Waals surface area contributed by atoms with E-state index in [0.29, 0.717) is 6.61 Å². The molecule has 0 fully saturated rings. The molecular weight excluding hydrogens is 242 g/mol. The zero-order chi connectivity index (χ0) is 10.4. The van der Waals surface area contributed by atoms with Crippen molar-refractivity contribution < 1.29 is 10.1 Å². The summed E-state index contributed by atoms with van der Waals surface area (Å²) in [6.45, 7) is 5.10. The Hall–Kier alpha value is -0.800. The van der Waals surface area contributed by atoms with Crippen molar-refractivity contribution in [2.45, 2.75) is 6.54 Å². The van der Waals surface area contributed by atoms with Gasteiger partial charge < -0.3 is 10.1 Å². The van der Waals surface area contributed by atoms with E-state index in [1.165, 1.54) is 5.56 Å². The van der Waals surface area contributed by atoms with Gasteiger partial charge in [-0.25, -0.2) is 0 Å². The molecule has 0 aromatic heterocycles. The fourth-order valence-electron chi connectivity index (χ4n) is 1.22. The van der Waals surface area contributed by atoms with Gasteiger partial charge in [-0.15, -0.1) is 0 Å². The standard InChI is InChI=1S/C11H14BrNO/c1-3-6-14-11-5-4-10(12)7-9(11)8-13-2/h3-5,7,13H,1,6,8H2,2H3/p+1. The van der Waals surface area contributed by atoms with E-state index >= 15 is 0 Å². The number of nitrogens with two attached hydrogens (primary N) is 1. The van der Waals surface area contributed by atoms with E-state index in [1.54, 1.807) is 6.08 Å². The van der Waals surface area contributed by atoms with Crippen molar-refractivity contribution in [2.75, 3.05) is 13.7 Å². The molecule has 0 spiro atoms. The van der Waals surface area contributed by atoms with Gasteiger partial charge in [-0.1, -0.05) is 28.6 Å². The van der Waals surface area contributed by atoms with Crippen LogP contribution in [0.5, 0.6) is 5.75 Å². The molecule has 76 valence electrons. The number of ether oxygens (including phenoxy) is 1. The Kier molecular flexibility index (Phi) is 4.70. The van der Waals surface area contributed by atoms with Crippen molar-refractivity contribution >= 4 is 15.9 Å². The summed E-state index contributed by atoms with van der Waals surface area (Å²) < 4.78 is 6.62. The Balaban J connectivity index is 2.83. The van der Waals surface area contributed by atoms with Crippen LogP contribution in [0.1, 0.15) is 5.56 Å². The summed E-state index contributed by atoms with van der Waals surface area (Å²) in [5.41, 5.74) is 1.20. The van der Waals surface area contributed by atoms with Crippen LogP contribution in [0, 0.1) is 0 Å². The minimum absolute atomic E-state index is 0.554. The van der Waals surface area contributed by atoms with E-state index in [9.17, 15) is 0 Å². The summed E-state index contributed by atoms with van der Waals surface area (Å²) >= 11 is 3.44. The summed E-state index contributed by atoms with van der Waals surface area (Å²) in [5.74, 6) is 0.936. The molecule has 0 unspecified atom stereocenters. The predicted octanol–water partition coefficient (Wildman–Crippen LogP) is 1.71. The van der Waals surface area contributed by atoms with Crippen LogP contribution in [0.2, 0.25) is 0 Å². The van der Waals surface area contributed by atoms with Crippen LogP contribution in [0.3, 0.4) is 0 Å². The lowest BCUT2D eigenvalue weighted by atomic mass is 10.2. The monoisotopic (exact) mass is 256 g/mol. The van der Waals surface area contributed by atoms with Crippen molar-refractivity contribution in [3.05, 3.63) is 40.9 Å². The molecule has 14 heavy (non-hydrogen) atoms. The smallest absolute Gasteiger partial charge is 0.128 e. The highest BCUT2D eigenvalue weighted by atomic mass is 79.9. The van der Waals surface area contributed by atoms with Gasteiger partial charge in [0.25, 0.3) is 0 Å². The first-order valence-electron chi connectivity index (χ1n) is 4.58. The molecule has 1 aromatic rings. The molecule has 0 amide bonds. The average Bonchev–Trinajstić information content (AvgIpc) is 2.17. The lowest BCUT2D eigenvalue weighted by Crippen LogP contribution is -2.77. The SMILES string of the molecule is C=CCOc1ccc(Br)cc1C[NH2+]C. The Morgan fingerprint density at radius 3 is 3.00 bits per heavy atom. The number of rotatable bonds is 5. The Labute approximate surface area is 93.1 Å². The van der Waals surface area contributed by atoms with Crippen molar-refractivity contribution in [3.63, 3.8) is 0 Å². The molecule has 0 aliphatic carbocycles. The number of quaternary nitrogens is 1. The second-order valence-corrected chi connectivity index (χ2v) is 3.88. The van der Waals surface area contributed by atoms with Crippen LogP contribution in [-0.2, 0) is 6.54 Å². The summed E-state index contributed by atoms with van der Waals surface area (Å²) in [7, 11) is 2.04. The van der Waals surface area contributed by atoms with Gasteiger partial charge in [0.15, 0.2) is 0 Å². The van der Waals surface area contributed by atoms with Crippen LogP contribution in [0.25, 0.3) is 0 Å². The van der Waals surface area contributed by atoms with Gasteiger partial charge in [0.05, 0.1) is 7.05 Å². The largest absolute Gasteiger partial charge is 0.489 e. The number of hydrogen-bond acceptors (Lipinski definition) is 1. The van der Waals surface area contributed by atoms with Crippen LogP contribution in [0.15, 0.2) is 35.3 Å². The topological polar surface area (TPSA) is 25.8 Å². The highest BCUT2D eigenvalue weighted by molar-refractivity contribution is 9.10. The van der Waals surface area contributed by atoms with Gasteiger partial charge in [-0.05, 0) is 18.2 Å². The van der Waals surface area contributed by atoms with Crippen LogP contribution >= 0.6 is 15.9 Å². The number of halogens is 1. The number of benzene rings is 1. The third kappa shape index (κ3) is 3.16. The molecule has 0 aliphatic heterocycles. The molecule has 1 aromatic carbocycles. The summed E-state index contributed by atoms with van der Waals surface area (Å²) in [5, 5.41) is 2.11. The molecule has 0 saturated carbocycles. The fourth-order valence-corrected chi connectivity index (χ4v) is 1.63. The molecule has 0 saturated heterocycles. The molecule has 0 aliphatic rings. The van der Waals surface area contributed by atoms with Gasteiger partial charge in [0.2, 0.25) is 0 Å². The van der Waals surface area contributed by atoms with Gasteiger partial charge in [0, 0.05) is 10.0 Å². The third-order valence-electron chi connectivity index (χ3n) is 1.80. The summed E-state index contributed by atoms with van der Waals surface area (Å²) in [6, 6.07) is 6.04. The van der Waals surface area contributed by atoms with E-state index in [0.717, 1.165) is 16.8 Å². The molecule has 1 rings (SSSR count). The van der Waals surface area contributed by atoms with E-state index < -0.39 is 0 Å². The quantitative estimate of drug-likeness (QED) is 0.798. The molecule has 2 nitrogen and oxygen atoms in total. The van der Waals surface area contributed by atoms with E-state index in [2.05, 4.69) is 33.9 Å². The van der Waals surface area contributed by atoms with Gasteiger partial charge in [-0.3, -0.25) is 0 Å². The van der Waals surface area contributed by atoms with Crippen LogP contribution < -0.4 is 10.1 Å². The average molecular weight is 257 g/mol. The van der Waals surface area contributed by atoms with E-state index in [-0.39, 0.29) is 0 Å². The van der Waals surface area contributed by atoms with Crippen molar-refractivity contribution in [1.82, 2.24) is 0 Å². The molecule has 0 heterocycles. The van der Waals surface area contributed by atoms with Crippen molar-refractivity contribution in [2.24, 2.45) is 0 Å². The normalized spacial score (nSPS) is 9.86. The van der Waals surface area contributed by atoms with E-state index in [4.69, 9.17) is 4.74 Å². The Morgan fingerprint density at radius 2 is 2.36 bits per heavy atom. The zero-order valence-corrected chi connectivity index (χ0v) is 9.88. The summed E-state index contributed by atoms with van der Waals surface area (Å²) in [4.78, 5) is 0. The minimum Gasteiger partial charge on any atom is -0.489 e. The predicted molar refractivity (Wildman–Crippen MR) is 61.4 cm³/mol. The first-order chi connectivity index (χ1) is 6.77. The maximum Gasteiger partial charge on any atom is 0.128 e. The summed E-state index contributed by atoms with van der Waals surface area (Å²) in [6.07, 6.45) is 1.75. The minimum atomic E-state index is 0.554.